The van der Waals surface area contributed by atoms with E-state index in [1.807, 2.05) is 0 Å². The number of nitro benzene ring substituents is 2. The molecule has 0 aliphatic carbocycles. The molecule has 2 aromatic carbocycles. The van der Waals surface area contributed by atoms with E-state index in [-0.39, 0.29) is 42.6 Å². The van der Waals surface area contributed by atoms with Gasteiger partial charge in [-0.15, -0.1) is 0 Å². The van der Waals surface area contributed by atoms with Crippen LogP contribution in [0.3, 0.4) is 0 Å². The second kappa shape index (κ2) is 19.2. The molecule has 0 unspecified atom stereocenters. The fourth-order valence-corrected chi connectivity index (χ4v) is 2.96. The standard InChI is InChI=1S/C13H19NO6.C12H18N2O6/c1-10-8-12(19-6-4-17-2)13(20-7-5-18-3)9-11(10)14(15)16;1-17-3-5-19-11-7-9(13)10(14(15)16)8-12(11)20-6-4-18-2/h8-9H,4-7H2,1-3H3;7-8H,3-6,13H2,1-2H3. The van der Waals surface area contributed by atoms with Gasteiger partial charge in [-0.25, -0.2) is 0 Å². The van der Waals surface area contributed by atoms with Crippen molar-refractivity contribution in [3.05, 3.63) is 50.1 Å². The third-order valence-corrected chi connectivity index (χ3v) is 4.93. The van der Waals surface area contributed by atoms with Gasteiger partial charge in [0.2, 0.25) is 0 Å². The SMILES string of the molecule is COCCOc1cc(C)c([N+](=O)[O-])cc1OCCOC.COCCOc1cc(N)c([N+](=O)[O-])cc1OCCOC. The molecule has 0 aliphatic heterocycles. The number of ether oxygens (including phenoxy) is 8. The van der Waals surface area contributed by atoms with Crippen molar-refractivity contribution in [1.29, 1.82) is 0 Å². The number of nitrogen functional groups attached to an aromatic ring is 1. The molecule has 0 radical (unpaired) electrons. The quantitative estimate of drug-likeness (QED) is 0.119. The zero-order valence-electron chi connectivity index (χ0n) is 23.3. The van der Waals surface area contributed by atoms with E-state index in [1.54, 1.807) is 34.3 Å². The molecule has 0 bridgehead atoms. The molecular weight excluding hydrogens is 534 g/mol. The third-order valence-electron chi connectivity index (χ3n) is 4.93. The van der Waals surface area contributed by atoms with Gasteiger partial charge in [-0.2, -0.15) is 0 Å². The van der Waals surface area contributed by atoms with Gasteiger partial charge in [-0.05, 0) is 13.0 Å². The summed E-state index contributed by atoms with van der Waals surface area (Å²) in [6.45, 7) is 4.37. The molecule has 0 atom stereocenters. The van der Waals surface area contributed by atoms with E-state index in [4.69, 9.17) is 43.6 Å². The monoisotopic (exact) mass is 571 g/mol. The first-order valence-corrected chi connectivity index (χ1v) is 12.0. The Kier molecular flexibility index (Phi) is 16.4. The molecule has 2 N–H and O–H groups in total. The number of nitro groups is 2. The Morgan fingerprint density at radius 1 is 0.575 bits per heavy atom. The van der Waals surface area contributed by atoms with Crippen LogP contribution in [0.2, 0.25) is 0 Å². The number of hydrogen-bond donors (Lipinski definition) is 1. The summed E-state index contributed by atoms with van der Waals surface area (Å²) in [5.41, 5.74) is 5.92. The lowest BCUT2D eigenvalue weighted by Gasteiger charge is -2.13. The van der Waals surface area contributed by atoms with Crippen molar-refractivity contribution in [3.8, 4) is 23.0 Å². The zero-order chi connectivity index (χ0) is 29.9. The smallest absolute Gasteiger partial charge is 0.296 e. The van der Waals surface area contributed by atoms with E-state index in [0.717, 1.165) is 0 Å². The van der Waals surface area contributed by atoms with Crippen LogP contribution < -0.4 is 24.7 Å². The molecule has 40 heavy (non-hydrogen) atoms. The fraction of sp³-hybridized carbons (Fsp3) is 0.520. The minimum atomic E-state index is -0.572. The normalized spacial score (nSPS) is 10.3. The molecule has 2 rings (SSSR count). The van der Waals surface area contributed by atoms with E-state index in [0.29, 0.717) is 55.8 Å². The average Bonchev–Trinajstić information content (AvgIpc) is 2.91. The Morgan fingerprint density at radius 2 is 0.900 bits per heavy atom. The van der Waals surface area contributed by atoms with Crippen LogP contribution in [-0.2, 0) is 18.9 Å². The maximum atomic E-state index is 10.9. The van der Waals surface area contributed by atoms with Crippen LogP contribution in [0, 0.1) is 27.2 Å². The Bertz CT molecular complexity index is 984. The van der Waals surface area contributed by atoms with Gasteiger partial charge < -0.3 is 43.6 Å². The Morgan fingerprint density at radius 3 is 1.25 bits per heavy atom. The van der Waals surface area contributed by atoms with Crippen molar-refractivity contribution >= 4 is 17.1 Å². The predicted molar refractivity (Wildman–Crippen MR) is 145 cm³/mol. The lowest BCUT2D eigenvalue weighted by atomic mass is 10.2. The minimum Gasteiger partial charge on any atom is -0.487 e. The summed E-state index contributed by atoms with van der Waals surface area (Å²) in [6.07, 6.45) is 0. The molecular formula is C25H37N3O12. The average molecular weight is 572 g/mol. The first kappa shape index (κ1) is 34.1. The highest BCUT2D eigenvalue weighted by Gasteiger charge is 2.19. The second-order valence-corrected chi connectivity index (χ2v) is 7.82. The summed E-state index contributed by atoms with van der Waals surface area (Å²) >= 11 is 0. The molecule has 224 valence electrons. The van der Waals surface area contributed by atoms with Gasteiger partial charge in [-0.1, -0.05) is 0 Å². The lowest BCUT2D eigenvalue weighted by Crippen LogP contribution is -2.09. The van der Waals surface area contributed by atoms with Crippen LogP contribution in [0.1, 0.15) is 5.56 Å². The number of hydrogen-bond acceptors (Lipinski definition) is 13. The van der Waals surface area contributed by atoms with E-state index in [2.05, 4.69) is 0 Å². The number of rotatable bonds is 18. The molecule has 0 aliphatic rings. The minimum absolute atomic E-state index is 0.00323. The topological polar surface area (TPSA) is 186 Å². The van der Waals surface area contributed by atoms with Crippen LogP contribution in [0.25, 0.3) is 0 Å². The highest BCUT2D eigenvalue weighted by Crippen LogP contribution is 2.36. The van der Waals surface area contributed by atoms with Gasteiger partial charge >= 0.3 is 0 Å². The van der Waals surface area contributed by atoms with Crippen LogP contribution in [-0.4, -0.2) is 91.1 Å². The number of benzene rings is 2. The van der Waals surface area contributed by atoms with Gasteiger partial charge in [0, 0.05) is 40.1 Å². The van der Waals surface area contributed by atoms with E-state index < -0.39 is 9.85 Å². The van der Waals surface area contributed by atoms with Crippen molar-refractivity contribution in [1.82, 2.24) is 0 Å². The van der Waals surface area contributed by atoms with Crippen LogP contribution in [0.5, 0.6) is 23.0 Å². The first-order valence-electron chi connectivity index (χ1n) is 12.0. The molecule has 0 saturated carbocycles. The van der Waals surface area contributed by atoms with Crippen molar-refractivity contribution < 1.29 is 47.7 Å². The summed E-state index contributed by atoms with van der Waals surface area (Å²) in [5, 5.41) is 21.8. The van der Waals surface area contributed by atoms with Crippen molar-refractivity contribution in [2.45, 2.75) is 6.92 Å². The summed E-state index contributed by atoms with van der Waals surface area (Å²) in [6, 6.07) is 5.58. The molecule has 0 heterocycles. The Balaban J connectivity index is 0.000000400. The van der Waals surface area contributed by atoms with Crippen molar-refractivity contribution in [2.24, 2.45) is 0 Å². The highest BCUT2D eigenvalue weighted by molar-refractivity contribution is 5.65. The predicted octanol–water partition coefficient (Wildman–Crippen LogP) is 3.18. The highest BCUT2D eigenvalue weighted by atomic mass is 16.6. The molecule has 15 nitrogen and oxygen atoms in total. The maximum absolute atomic E-state index is 10.9. The van der Waals surface area contributed by atoms with Crippen LogP contribution in [0.4, 0.5) is 17.1 Å². The second-order valence-electron chi connectivity index (χ2n) is 7.82. The number of methoxy groups -OCH3 is 4. The summed E-state index contributed by atoms with van der Waals surface area (Å²) in [5.74, 6) is 1.37. The van der Waals surface area contributed by atoms with Gasteiger partial charge in [0.05, 0.1) is 48.4 Å². The maximum Gasteiger partial charge on any atom is 0.296 e. The summed E-state index contributed by atoms with van der Waals surface area (Å²) in [4.78, 5) is 20.8. The van der Waals surface area contributed by atoms with Crippen LogP contribution >= 0.6 is 0 Å². The van der Waals surface area contributed by atoms with Gasteiger partial charge in [0.1, 0.15) is 32.1 Å². The van der Waals surface area contributed by atoms with Crippen molar-refractivity contribution in [3.63, 3.8) is 0 Å². The van der Waals surface area contributed by atoms with Gasteiger partial charge in [-0.3, -0.25) is 20.2 Å². The molecule has 0 fully saturated rings. The Hall–Kier alpha value is -3.92. The number of aryl methyl sites for hydroxylation is 1. The molecule has 0 spiro atoms. The lowest BCUT2D eigenvalue weighted by molar-refractivity contribution is -0.385. The van der Waals surface area contributed by atoms with Crippen molar-refractivity contribution in [2.75, 3.05) is 87.0 Å². The number of nitrogens with zero attached hydrogens (tertiary/aromatic N) is 2. The molecule has 0 amide bonds. The summed E-state index contributed by atoms with van der Waals surface area (Å²) in [7, 11) is 6.20. The molecule has 0 aromatic heterocycles. The van der Waals surface area contributed by atoms with Crippen LogP contribution in [0.15, 0.2) is 24.3 Å². The van der Waals surface area contributed by atoms with E-state index in [1.165, 1.54) is 25.3 Å². The summed E-state index contributed by atoms with van der Waals surface area (Å²) < 4.78 is 41.3. The zero-order valence-corrected chi connectivity index (χ0v) is 23.3. The van der Waals surface area contributed by atoms with Gasteiger partial charge in [0.15, 0.2) is 23.0 Å². The van der Waals surface area contributed by atoms with Gasteiger partial charge in [0.25, 0.3) is 11.4 Å². The Labute approximate surface area is 232 Å². The molecule has 15 heteroatoms. The molecule has 2 aromatic rings. The molecule has 0 saturated heterocycles. The third kappa shape index (κ3) is 11.9. The van der Waals surface area contributed by atoms with E-state index >= 15 is 0 Å². The fourth-order valence-electron chi connectivity index (χ4n) is 2.96. The first-order chi connectivity index (χ1) is 19.2. The number of anilines is 1. The van der Waals surface area contributed by atoms with E-state index in [9.17, 15) is 20.2 Å². The largest absolute Gasteiger partial charge is 0.487 e. The number of nitrogens with two attached hydrogens (primary N) is 1.